The number of hydrogen-bond donors (Lipinski definition) is 1. The highest BCUT2D eigenvalue weighted by atomic mass is 79.9. The monoisotopic (exact) mass is 352 g/mol. The molecule has 0 aromatic carbocycles. The highest BCUT2D eigenvalue weighted by Gasteiger charge is 2.14. The van der Waals surface area contributed by atoms with Crippen LogP contribution in [0.15, 0.2) is 39.6 Å². The van der Waals surface area contributed by atoms with E-state index in [1.165, 1.54) is 19.6 Å². The van der Waals surface area contributed by atoms with Crippen LogP contribution >= 0.6 is 38.6 Å². The van der Waals surface area contributed by atoms with Gasteiger partial charge in [-0.15, -0.1) is 22.7 Å². The maximum Gasteiger partial charge on any atom is 0.0809 e. The fraction of sp³-hybridized carbons (Fsp3) is 0.214. The standard InChI is InChI=1S/C14H13BrN2S2/c1-16-12(7-13-10(15)2-4-18-13)9-6-14-11(17-8-9)3-5-19-14/h2-6,8,12,16H,7H2,1H3. The van der Waals surface area contributed by atoms with Crippen molar-refractivity contribution in [2.45, 2.75) is 12.5 Å². The predicted molar refractivity (Wildman–Crippen MR) is 87.1 cm³/mol. The van der Waals surface area contributed by atoms with E-state index in [0.29, 0.717) is 6.04 Å². The van der Waals surface area contributed by atoms with Crippen LogP contribution in [0.5, 0.6) is 0 Å². The number of hydrogen-bond acceptors (Lipinski definition) is 4. The molecule has 19 heavy (non-hydrogen) atoms. The first-order valence-corrected chi connectivity index (χ1v) is 8.55. The first-order valence-electron chi connectivity index (χ1n) is 6.00. The molecule has 0 aliphatic carbocycles. The topological polar surface area (TPSA) is 24.9 Å². The number of pyridine rings is 1. The summed E-state index contributed by atoms with van der Waals surface area (Å²) in [6, 6.07) is 6.71. The molecule has 3 aromatic rings. The fourth-order valence-corrected chi connectivity index (χ4v) is 4.45. The molecule has 0 aliphatic rings. The van der Waals surface area contributed by atoms with Crippen molar-refractivity contribution in [3.63, 3.8) is 0 Å². The molecular weight excluding hydrogens is 340 g/mol. The Hall–Kier alpha value is -0.750. The van der Waals surface area contributed by atoms with Crippen molar-refractivity contribution >= 4 is 48.8 Å². The summed E-state index contributed by atoms with van der Waals surface area (Å²) in [5.74, 6) is 0. The second-order valence-electron chi connectivity index (χ2n) is 4.31. The summed E-state index contributed by atoms with van der Waals surface area (Å²) in [6.45, 7) is 0. The molecule has 0 radical (unpaired) electrons. The Labute approximate surface area is 128 Å². The van der Waals surface area contributed by atoms with Gasteiger partial charge in [0.1, 0.15) is 0 Å². The van der Waals surface area contributed by atoms with Crippen molar-refractivity contribution in [2.24, 2.45) is 0 Å². The molecule has 0 saturated carbocycles. The number of rotatable bonds is 4. The van der Waals surface area contributed by atoms with Gasteiger partial charge in [-0.25, -0.2) is 0 Å². The number of nitrogens with one attached hydrogen (secondary N) is 1. The van der Waals surface area contributed by atoms with Crippen molar-refractivity contribution < 1.29 is 0 Å². The van der Waals surface area contributed by atoms with Gasteiger partial charge in [0.25, 0.3) is 0 Å². The average Bonchev–Trinajstić information content (AvgIpc) is 3.04. The van der Waals surface area contributed by atoms with Crippen LogP contribution in [0.1, 0.15) is 16.5 Å². The lowest BCUT2D eigenvalue weighted by Crippen LogP contribution is -2.18. The summed E-state index contributed by atoms with van der Waals surface area (Å²) in [6.07, 6.45) is 2.96. The van der Waals surface area contributed by atoms with E-state index >= 15 is 0 Å². The minimum Gasteiger partial charge on any atom is -0.313 e. The Kier molecular flexibility index (Phi) is 3.98. The second-order valence-corrected chi connectivity index (χ2v) is 7.11. The molecule has 98 valence electrons. The van der Waals surface area contributed by atoms with Crippen molar-refractivity contribution in [2.75, 3.05) is 7.05 Å². The highest BCUT2D eigenvalue weighted by Crippen LogP contribution is 2.29. The quantitative estimate of drug-likeness (QED) is 0.740. The van der Waals surface area contributed by atoms with Crippen molar-refractivity contribution in [3.05, 3.63) is 50.1 Å². The van der Waals surface area contributed by atoms with Gasteiger partial charge in [-0.3, -0.25) is 4.98 Å². The molecule has 3 aromatic heterocycles. The van der Waals surface area contributed by atoms with E-state index < -0.39 is 0 Å². The minimum absolute atomic E-state index is 0.300. The van der Waals surface area contributed by atoms with Gasteiger partial charge in [0.05, 0.1) is 10.2 Å². The van der Waals surface area contributed by atoms with Crippen molar-refractivity contribution in [1.82, 2.24) is 10.3 Å². The molecule has 0 spiro atoms. The van der Waals surface area contributed by atoms with E-state index in [9.17, 15) is 0 Å². The Morgan fingerprint density at radius 1 is 1.32 bits per heavy atom. The molecule has 2 nitrogen and oxygen atoms in total. The van der Waals surface area contributed by atoms with Gasteiger partial charge in [-0.2, -0.15) is 0 Å². The van der Waals surface area contributed by atoms with Crippen LogP contribution in [0.2, 0.25) is 0 Å². The molecule has 5 heteroatoms. The zero-order chi connectivity index (χ0) is 13.2. The normalized spacial score (nSPS) is 12.9. The van der Waals surface area contributed by atoms with Crippen LogP contribution in [0.3, 0.4) is 0 Å². The summed E-state index contributed by atoms with van der Waals surface area (Å²) in [5, 5.41) is 7.60. The number of fused-ring (bicyclic) bond motifs is 1. The maximum atomic E-state index is 4.52. The molecule has 0 fully saturated rings. The Morgan fingerprint density at radius 2 is 2.16 bits per heavy atom. The lowest BCUT2D eigenvalue weighted by atomic mass is 10.1. The minimum atomic E-state index is 0.300. The summed E-state index contributed by atoms with van der Waals surface area (Å²) >= 11 is 7.13. The van der Waals surface area contributed by atoms with E-state index in [2.05, 4.69) is 55.2 Å². The zero-order valence-corrected chi connectivity index (χ0v) is 13.6. The molecule has 1 N–H and O–H groups in total. The lowest BCUT2D eigenvalue weighted by molar-refractivity contribution is 0.594. The zero-order valence-electron chi connectivity index (χ0n) is 10.4. The van der Waals surface area contributed by atoms with Crippen LogP contribution in [0, 0.1) is 0 Å². The Bertz CT molecular complexity index is 689. The van der Waals surface area contributed by atoms with E-state index in [0.717, 1.165) is 11.9 Å². The highest BCUT2D eigenvalue weighted by molar-refractivity contribution is 9.10. The average molecular weight is 353 g/mol. The van der Waals surface area contributed by atoms with E-state index in [1.54, 1.807) is 22.7 Å². The van der Waals surface area contributed by atoms with Crippen molar-refractivity contribution in [3.8, 4) is 0 Å². The number of likely N-dealkylation sites (N-methyl/N-ethyl adjacent to an activating group) is 1. The molecule has 0 saturated heterocycles. The third kappa shape index (κ3) is 2.74. The number of nitrogens with zero attached hydrogens (tertiary/aromatic N) is 1. The Morgan fingerprint density at radius 3 is 2.89 bits per heavy atom. The van der Waals surface area contributed by atoms with Gasteiger partial charge in [0, 0.05) is 28.0 Å². The lowest BCUT2D eigenvalue weighted by Gasteiger charge is -2.16. The molecule has 0 aliphatic heterocycles. The van der Waals surface area contributed by atoms with Crippen LogP contribution in [0.4, 0.5) is 0 Å². The number of thiophene rings is 2. The molecule has 0 amide bonds. The first-order chi connectivity index (χ1) is 9.28. The summed E-state index contributed by atoms with van der Waals surface area (Å²) in [7, 11) is 2.00. The van der Waals surface area contributed by atoms with Gasteiger partial charge < -0.3 is 5.32 Å². The van der Waals surface area contributed by atoms with Gasteiger partial charge in [0.15, 0.2) is 0 Å². The number of halogens is 1. The smallest absolute Gasteiger partial charge is 0.0809 e. The molecule has 3 rings (SSSR count). The second kappa shape index (κ2) is 5.71. The van der Waals surface area contributed by atoms with Gasteiger partial charge in [-0.05, 0) is 57.5 Å². The maximum absolute atomic E-state index is 4.52. The SMILES string of the molecule is CNC(Cc1sccc1Br)c1cnc2ccsc2c1. The molecular formula is C14H13BrN2S2. The van der Waals surface area contributed by atoms with E-state index in [4.69, 9.17) is 0 Å². The van der Waals surface area contributed by atoms with Crippen LogP contribution in [0.25, 0.3) is 10.2 Å². The van der Waals surface area contributed by atoms with Gasteiger partial charge >= 0.3 is 0 Å². The summed E-state index contributed by atoms with van der Waals surface area (Å²) in [4.78, 5) is 5.89. The molecule has 0 bridgehead atoms. The summed E-state index contributed by atoms with van der Waals surface area (Å²) < 4.78 is 2.45. The Balaban J connectivity index is 1.90. The molecule has 3 heterocycles. The van der Waals surface area contributed by atoms with Crippen LogP contribution in [-0.4, -0.2) is 12.0 Å². The van der Waals surface area contributed by atoms with Crippen LogP contribution < -0.4 is 5.32 Å². The van der Waals surface area contributed by atoms with E-state index in [1.807, 2.05) is 13.2 Å². The van der Waals surface area contributed by atoms with Gasteiger partial charge in [-0.1, -0.05) is 0 Å². The third-order valence-electron chi connectivity index (χ3n) is 3.16. The molecule has 1 unspecified atom stereocenters. The third-order valence-corrected chi connectivity index (χ3v) is 5.96. The van der Waals surface area contributed by atoms with Gasteiger partial charge in [0.2, 0.25) is 0 Å². The predicted octanol–water partition coefficient (Wildman–Crippen LogP) is 4.62. The first kappa shape index (κ1) is 13.2. The fourth-order valence-electron chi connectivity index (χ4n) is 2.09. The molecule has 1 atom stereocenters. The van der Waals surface area contributed by atoms with E-state index in [-0.39, 0.29) is 0 Å². The largest absolute Gasteiger partial charge is 0.313 e. The van der Waals surface area contributed by atoms with Crippen LogP contribution in [-0.2, 0) is 6.42 Å². The van der Waals surface area contributed by atoms with Crippen molar-refractivity contribution in [1.29, 1.82) is 0 Å². The number of aromatic nitrogens is 1. The summed E-state index contributed by atoms with van der Waals surface area (Å²) in [5.41, 5.74) is 2.33.